The van der Waals surface area contributed by atoms with E-state index in [2.05, 4.69) is 15.6 Å². The predicted molar refractivity (Wildman–Crippen MR) is 112 cm³/mol. The van der Waals surface area contributed by atoms with E-state index in [1.165, 1.54) is 0 Å². The van der Waals surface area contributed by atoms with Gasteiger partial charge in [-0.1, -0.05) is 11.6 Å². The molecule has 1 heterocycles. The highest BCUT2D eigenvalue weighted by molar-refractivity contribution is 6.31. The van der Waals surface area contributed by atoms with Gasteiger partial charge in [-0.05, 0) is 63.3 Å². The van der Waals surface area contributed by atoms with Gasteiger partial charge in [0.05, 0.1) is 12.1 Å². The van der Waals surface area contributed by atoms with Crippen molar-refractivity contribution < 1.29 is 9.59 Å². The van der Waals surface area contributed by atoms with Gasteiger partial charge in [-0.15, -0.1) is 0 Å². The Kier molecular flexibility index (Phi) is 7.37. The van der Waals surface area contributed by atoms with Crippen molar-refractivity contribution in [2.24, 2.45) is 0 Å². The largest absolute Gasteiger partial charge is 0.383 e. The Labute approximate surface area is 170 Å². The van der Waals surface area contributed by atoms with Crippen molar-refractivity contribution >= 4 is 29.2 Å². The maximum Gasteiger partial charge on any atom is 0.255 e. The summed E-state index contributed by atoms with van der Waals surface area (Å²) in [5, 5.41) is 5.88. The van der Waals surface area contributed by atoms with E-state index in [0.29, 0.717) is 10.6 Å². The average molecular weight is 404 g/mol. The lowest BCUT2D eigenvalue weighted by atomic mass is 10.0. The number of nitrogens with one attached hydrogen (secondary N) is 2. The van der Waals surface area contributed by atoms with Crippen molar-refractivity contribution in [2.45, 2.75) is 26.4 Å². The summed E-state index contributed by atoms with van der Waals surface area (Å²) < 4.78 is 0. The monoisotopic (exact) mass is 403 g/mol. The highest BCUT2D eigenvalue weighted by Crippen LogP contribution is 2.27. The number of hydrogen-bond donors (Lipinski definition) is 3. The fourth-order valence-electron chi connectivity index (χ4n) is 2.72. The molecule has 150 valence electrons. The number of nitrogens with zero attached hydrogens (tertiary/aromatic N) is 2. The molecule has 2 aromatic rings. The fourth-order valence-corrected chi connectivity index (χ4v) is 2.98. The number of amides is 2. The van der Waals surface area contributed by atoms with E-state index in [4.69, 9.17) is 17.3 Å². The van der Waals surface area contributed by atoms with Crippen molar-refractivity contribution in [1.82, 2.24) is 20.5 Å². The van der Waals surface area contributed by atoms with E-state index in [-0.39, 0.29) is 29.9 Å². The predicted octanol–water partition coefficient (Wildman–Crippen LogP) is 2.30. The van der Waals surface area contributed by atoms with Crippen LogP contribution in [-0.4, -0.2) is 48.4 Å². The van der Waals surface area contributed by atoms with Gasteiger partial charge in [-0.2, -0.15) is 0 Å². The molecule has 1 aromatic carbocycles. The summed E-state index contributed by atoms with van der Waals surface area (Å²) in [6.07, 6.45) is 1.60. The molecule has 0 bridgehead atoms. The Morgan fingerprint density at radius 2 is 1.89 bits per heavy atom. The second kappa shape index (κ2) is 9.52. The number of halogens is 1. The summed E-state index contributed by atoms with van der Waals surface area (Å²) >= 11 is 6.26. The van der Waals surface area contributed by atoms with Crippen molar-refractivity contribution in [1.29, 1.82) is 0 Å². The number of carbonyl (C=O) groups is 2. The molecule has 0 spiro atoms. The van der Waals surface area contributed by atoms with Crippen molar-refractivity contribution in [3.63, 3.8) is 0 Å². The van der Waals surface area contributed by atoms with Crippen LogP contribution in [0.15, 0.2) is 30.5 Å². The van der Waals surface area contributed by atoms with Gasteiger partial charge in [0.25, 0.3) is 5.91 Å². The van der Waals surface area contributed by atoms with Crippen LogP contribution < -0.4 is 16.4 Å². The minimum Gasteiger partial charge on any atom is -0.383 e. The zero-order valence-corrected chi connectivity index (χ0v) is 17.3. The van der Waals surface area contributed by atoms with Crippen LogP contribution >= 0.6 is 11.6 Å². The standard InChI is InChI=1S/C20H26ClN5O2/c1-12(2)25-18(27)10-24-20(28)17-8-15(9-23-19(17)22)14-5-13(11-26(3)4)6-16(21)7-14/h5-9,12H,10-11H2,1-4H3,(H2,22,23)(H,24,28)(H,25,27). The molecule has 0 aliphatic heterocycles. The SMILES string of the molecule is CC(C)NC(=O)CNC(=O)c1cc(-c2cc(Cl)cc(CN(C)C)c2)cnc1N. The maximum absolute atomic E-state index is 12.5. The third kappa shape index (κ3) is 6.21. The minimum absolute atomic E-state index is 0.00124. The number of aromatic nitrogens is 1. The van der Waals surface area contributed by atoms with Gasteiger partial charge < -0.3 is 21.3 Å². The third-order valence-electron chi connectivity index (χ3n) is 3.81. The number of anilines is 1. The van der Waals surface area contributed by atoms with Gasteiger partial charge in [0.15, 0.2) is 0 Å². The van der Waals surface area contributed by atoms with Gasteiger partial charge in [0.1, 0.15) is 5.82 Å². The summed E-state index contributed by atoms with van der Waals surface area (Å²) in [5.41, 5.74) is 8.68. The molecule has 28 heavy (non-hydrogen) atoms. The first-order valence-corrected chi connectivity index (χ1v) is 9.31. The first-order chi connectivity index (χ1) is 13.2. The molecule has 0 unspecified atom stereocenters. The number of rotatable bonds is 7. The first kappa shape index (κ1) is 21.7. The normalized spacial score (nSPS) is 11.0. The van der Waals surface area contributed by atoms with Gasteiger partial charge in [0.2, 0.25) is 5.91 Å². The van der Waals surface area contributed by atoms with E-state index < -0.39 is 5.91 Å². The van der Waals surface area contributed by atoms with E-state index >= 15 is 0 Å². The number of hydrogen-bond acceptors (Lipinski definition) is 5. The van der Waals surface area contributed by atoms with E-state index in [9.17, 15) is 9.59 Å². The van der Waals surface area contributed by atoms with E-state index in [1.807, 2.05) is 51.0 Å². The molecule has 2 rings (SSSR count). The molecule has 0 radical (unpaired) electrons. The van der Waals surface area contributed by atoms with Gasteiger partial charge in [0, 0.05) is 29.4 Å². The molecular formula is C20H26ClN5O2. The molecule has 4 N–H and O–H groups in total. The summed E-state index contributed by atoms with van der Waals surface area (Å²) in [4.78, 5) is 30.4. The van der Waals surface area contributed by atoms with Crippen LogP contribution in [0.25, 0.3) is 11.1 Å². The lowest BCUT2D eigenvalue weighted by molar-refractivity contribution is -0.120. The molecule has 2 amide bonds. The average Bonchev–Trinajstić information content (AvgIpc) is 2.58. The van der Waals surface area contributed by atoms with Crippen LogP contribution in [0.2, 0.25) is 5.02 Å². The van der Waals surface area contributed by atoms with Crippen molar-refractivity contribution in [2.75, 3.05) is 26.4 Å². The zero-order chi connectivity index (χ0) is 20.8. The topological polar surface area (TPSA) is 100 Å². The Morgan fingerprint density at radius 3 is 2.54 bits per heavy atom. The van der Waals surface area contributed by atoms with Gasteiger partial charge >= 0.3 is 0 Å². The van der Waals surface area contributed by atoms with Crippen LogP contribution in [0, 0.1) is 0 Å². The summed E-state index contributed by atoms with van der Waals surface area (Å²) in [6, 6.07) is 7.36. The number of nitrogen functional groups attached to an aromatic ring is 1. The number of nitrogens with two attached hydrogens (primary N) is 1. The smallest absolute Gasteiger partial charge is 0.255 e. The summed E-state index contributed by atoms with van der Waals surface area (Å²) in [7, 11) is 3.95. The second-order valence-corrected chi connectivity index (χ2v) is 7.58. The van der Waals surface area contributed by atoms with Crippen molar-refractivity contribution in [3.05, 3.63) is 46.6 Å². The molecule has 0 fully saturated rings. The third-order valence-corrected chi connectivity index (χ3v) is 4.03. The van der Waals surface area contributed by atoms with E-state index in [1.54, 1.807) is 12.3 Å². The first-order valence-electron chi connectivity index (χ1n) is 8.93. The molecular weight excluding hydrogens is 378 g/mol. The molecule has 8 heteroatoms. The summed E-state index contributed by atoms with van der Waals surface area (Å²) in [5.74, 6) is -0.628. The minimum atomic E-state index is -0.457. The molecule has 0 aliphatic carbocycles. The Bertz CT molecular complexity index is 868. The van der Waals surface area contributed by atoms with Crippen LogP contribution in [0.3, 0.4) is 0 Å². The fraction of sp³-hybridized carbons (Fsp3) is 0.350. The Hall–Kier alpha value is -2.64. The second-order valence-electron chi connectivity index (χ2n) is 7.15. The number of carbonyl (C=O) groups excluding carboxylic acids is 2. The molecule has 0 aliphatic rings. The van der Waals surface area contributed by atoms with Gasteiger partial charge in [-0.3, -0.25) is 9.59 Å². The van der Waals surface area contributed by atoms with Crippen LogP contribution in [0.5, 0.6) is 0 Å². The highest BCUT2D eigenvalue weighted by Gasteiger charge is 2.15. The van der Waals surface area contributed by atoms with Crippen molar-refractivity contribution in [3.8, 4) is 11.1 Å². The number of pyridine rings is 1. The van der Waals surface area contributed by atoms with Crippen LogP contribution in [0.4, 0.5) is 5.82 Å². The van der Waals surface area contributed by atoms with E-state index in [0.717, 1.165) is 17.7 Å². The molecule has 0 saturated carbocycles. The molecule has 1 aromatic heterocycles. The lowest BCUT2D eigenvalue weighted by Crippen LogP contribution is -2.40. The quantitative estimate of drug-likeness (QED) is 0.658. The Balaban J connectivity index is 2.24. The van der Waals surface area contributed by atoms with Crippen LogP contribution in [0.1, 0.15) is 29.8 Å². The molecule has 0 atom stereocenters. The Morgan fingerprint density at radius 1 is 1.18 bits per heavy atom. The maximum atomic E-state index is 12.5. The lowest BCUT2D eigenvalue weighted by Gasteiger charge is -2.13. The summed E-state index contributed by atoms with van der Waals surface area (Å²) in [6.45, 7) is 4.29. The number of benzene rings is 1. The highest BCUT2D eigenvalue weighted by atomic mass is 35.5. The zero-order valence-electron chi connectivity index (χ0n) is 16.5. The molecule has 7 nitrogen and oxygen atoms in total. The van der Waals surface area contributed by atoms with Gasteiger partial charge in [-0.25, -0.2) is 4.98 Å². The van der Waals surface area contributed by atoms with Crippen LogP contribution in [-0.2, 0) is 11.3 Å². The molecule has 0 saturated heterocycles.